The maximum atomic E-state index is 13.3. The molecule has 6 heteroatoms. The summed E-state index contributed by atoms with van der Waals surface area (Å²) in [6.45, 7) is 7.35. The van der Waals surface area contributed by atoms with Crippen molar-refractivity contribution in [3.63, 3.8) is 0 Å². The predicted octanol–water partition coefficient (Wildman–Crippen LogP) is 5.69. The summed E-state index contributed by atoms with van der Waals surface area (Å²) in [5, 5.41) is 5.89. The van der Waals surface area contributed by atoms with Crippen molar-refractivity contribution in [2.75, 3.05) is 18.4 Å². The van der Waals surface area contributed by atoms with Gasteiger partial charge in [-0.05, 0) is 72.9 Å². The van der Waals surface area contributed by atoms with Crippen LogP contribution in [0.4, 0.5) is 5.69 Å². The topological polar surface area (TPSA) is 49.4 Å². The maximum absolute atomic E-state index is 13.3. The number of allylic oxidation sites excluding steroid dienone is 2. The van der Waals surface area contributed by atoms with Crippen molar-refractivity contribution in [3.8, 4) is 0 Å². The van der Waals surface area contributed by atoms with E-state index < -0.39 is 10.0 Å². The van der Waals surface area contributed by atoms with Crippen LogP contribution in [0.5, 0.6) is 0 Å². The minimum Gasteiger partial charge on any atom is -0.377 e. The number of rotatable bonds is 7. The summed E-state index contributed by atoms with van der Waals surface area (Å²) >= 11 is 1.81. The molecule has 0 saturated heterocycles. The van der Waals surface area contributed by atoms with Crippen LogP contribution in [0.25, 0.3) is 0 Å². The zero-order valence-corrected chi connectivity index (χ0v) is 19.0. The quantitative estimate of drug-likeness (QED) is 0.574. The third-order valence-corrected chi connectivity index (χ3v) is 9.10. The molecule has 1 aliphatic carbocycles. The standard InChI is InChI=1S/C23H30N2O2S2/c1-4-12-25(13-5-2)29(26,27)17-9-10-21-20(15-17)18-7-6-8-19(18)22(24-21)23-16(3)11-14-28-23/h6-7,9-11,14-15,18-19,22,24H,4-5,8,12-13H2,1-3H3. The summed E-state index contributed by atoms with van der Waals surface area (Å²) in [6.07, 6.45) is 7.19. The highest BCUT2D eigenvalue weighted by Gasteiger charge is 2.39. The molecule has 3 atom stereocenters. The first kappa shape index (κ1) is 20.6. The minimum atomic E-state index is -3.47. The molecule has 4 nitrogen and oxygen atoms in total. The molecule has 2 aliphatic rings. The SMILES string of the molecule is CCCN(CCC)S(=O)(=O)c1ccc2c(c1)C1C=CCC1C(c1sccc1C)N2. The highest BCUT2D eigenvalue weighted by Crippen LogP contribution is 2.51. The van der Waals surface area contributed by atoms with Crippen molar-refractivity contribution < 1.29 is 8.42 Å². The van der Waals surface area contributed by atoms with Gasteiger partial charge in [-0.2, -0.15) is 4.31 Å². The molecule has 4 rings (SSSR count). The molecule has 1 aliphatic heterocycles. The van der Waals surface area contributed by atoms with Gasteiger partial charge in [0.2, 0.25) is 10.0 Å². The van der Waals surface area contributed by atoms with E-state index in [2.05, 4.69) is 35.8 Å². The minimum absolute atomic E-state index is 0.263. The van der Waals surface area contributed by atoms with Crippen LogP contribution in [0.15, 0.2) is 46.7 Å². The first-order chi connectivity index (χ1) is 14.0. The molecule has 1 aromatic carbocycles. The Morgan fingerprint density at radius 1 is 1.17 bits per heavy atom. The van der Waals surface area contributed by atoms with Gasteiger partial charge in [0.15, 0.2) is 0 Å². The number of aryl methyl sites for hydroxylation is 1. The third kappa shape index (κ3) is 3.66. The van der Waals surface area contributed by atoms with Crippen LogP contribution >= 0.6 is 11.3 Å². The summed E-state index contributed by atoms with van der Waals surface area (Å²) in [6, 6.07) is 8.12. The fourth-order valence-electron chi connectivity index (χ4n) is 4.70. The van der Waals surface area contributed by atoms with Crippen LogP contribution in [0.2, 0.25) is 0 Å². The highest BCUT2D eigenvalue weighted by atomic mass is 32.2. The Morgan fingerprint density at radius 2 is 1.93 bits per heavy atom. The van der Waals surface area contributed by atoms with Crippen molar-refractivity contribution >= 4 is 27.0 Å². The number of thiophene rings is 1. The smallest absolute Gasteiger partial charge is 0.243 e. The van der Waals surface area contributed by atoms with E-state index in [-0.39, 0.29) is 12.0 Å². The predicted molar refractivity (Wildman–Crippen MR) is 121 cm³/mol. The largest absolute Gasteiger partial charge is 0.377 e. The fourth-order valence-corrected chi connectivity index (χ4v) is 7.41. The van der Waals surface area contributed by atoms with Gasteiger partial charge in [0, 0.05) is 29.6 Å². The zero-order chi connectivity index (χ0) is 20.6. The molecule has 0 amide bonds. The molecular weight excluding hydrogens is 400 g/mol. The van der Waals surface area contributed by atoms with E-state index in [0.717, 1.165) is 30.5 Å². The first-order valence-corrected chi connectivity index (χ1v) is 12.9. The van der Waals surface area contributed by atoms with E-state index in [1.54, 1.807) is 10.4 Å². The normalized spacial score (nSPS) is 23.1. The number of sulfonamides is 1. The molecule has 2 heterocycles. The second-order valence-corrected chi connectivity index (χ2v) is 11.0. The number of benzene rings is 1. The number of anilines is 1. The second kappa shape index (κ2) is 8.25. The Hall–Kier alpha value is -1.63. The average molecular weight is 431 g/mol. The number of nitrogens with one attached hydrogen (secondary N) is 1. The molecule has 0 spiro atoms. The van der Waals surface area contributed by atoms with Crippen molar-refractivity contribution in [2.24, 2.45) is 5.92 Å². The van der Waals surface area contributed by atoms with Gasteiger partial charge >= 0.3 is 0 Å². The Bertz CT molecular complexity index is 1000. The summed E-state index contributed by atoms with van der Waals surface area (Å²) < 4.78 is 28.2. The van der Waals surface area contributed by atoms with E-state index in [4.69, 9.17) is 0 Å². The summed E-state index contributed by atoms with van der Waals surface area (Å²) in [4.78, 5) is 1.81. The van der Waals surface area contributed by atoms with Crippen LogP contribution < -0.4 is 5.32 Å². The lowest BCUT2D eigenvalue weighted by Gasteiger charge is -2.37. The van der Waals surface area contributed by atoms with Gasteiger partial charge in [0.05, 0.1) is 10.9 Å². The molecule has 2 aromatic rings. The summed E-state index contributed by atoms with van der Waals surface area (Å²) in [5.74, 6) is 0.693. The third-order valence-electron chi connectivity index (χ3n) is 6.10. The van der Waals surface area contributed by atoms with Gasteiger partial charge in [-0.3, -0.25) is 0 Å². The van der Waals surface area contributed by atoms with E-state index in [9.17, 15) is 8.42 Å². The van der Waals surface area contributed by atoms with Crippen molar-refractivity contribution in [1.29, 1.82) is 0 Å². The van der Waals surface area contributed by atoms with Crippen molar-refractivity contribution in [1.82, 2.24) is 4.31 Å². The van der Waals surface area contributed by atoms with Gasteiger partial charge in [-0.25, -0.2) is 8.42 Å². The molecule has 0 saturated carbocycles. The van der Waals surface area contributed by atoms with Gasteiger partial charge in [-0.1, -0.05) is 26.0 Å². The molecule has 1 aromatic heterocycles. The van der Waals surface area contributed by atoms with Crippen LogP contribution in [0.1, 0.15) is 61.1 Å². The van der Waals surface area contributed by atoms with E-state index in [0.29, 0.717) is 23.9 Å². The molecule has 0 fully saturated rings. The number of fused-ring (bicyclic) bond motifs is 3. The molecule has 3 unspecified atom stereocenters. The number of hydrogen-bond acceptors (Lipinski definition) is 4. The van der Waals surface area contributed by atoms with Crippen molar-refractivity contribution in [3.05, 3.63) is 57.8 Å². The van der Waals surface area contributed by atoms with Crippen molar-refractivity contribution in [2.45, 2.75) is 56.9 Å². The van der Waals surface area contributed by atoms with Crippen LogP contribution in [-0.4, -0.2) is 25.8 Å². The Balaban J connectivity index is 1.72. The van der Waals surface area contributed by atoms with Gasteiger partial charge in [0.25, 0.3) is 0 Å². The van der Waals surface area contributed by atoms with Gasteiger partial charge < -0.3 is 5.32 Å². The van der Waals surface area contributed by atoms with E-state index in [1.807, 2.05) is 37.3 Å². The molecule has 0 radical (unpaired) electrons. The molecule has 29 heavy (non-hydrogen) atoms. The molecular formula is C23H30N2O2S2. The van der Waals surface area contributed by atoms with Crippen LogP contribution in [0.3, 0.4) is 0 Å². The maximum Gasteiger partial charge on any atom is 0.243 e. The zero-order valence-electron chi connectivity index (χ0n) is 17.4. The van der Waals surface area contributed by atoms with Gasteiger partial charge in [-0.15, -0.1) is 11.3 Å². The summed E-state index contributed by atoms with van der Waals surface area (Å²) in [5.41, 5.74) is 3.51. The first-order valence-electron chi connectivity index (χ1n) is 10.6. The fraction of sp³-hybridized carbons (Fsp3) is 0.478. The Morgan fingerprint density at radius 3 is 2.59 bits per heavy atom. The molecule has 0 bridgehead atoms. The number of hydrogen-bond donors (Lipinski definition) is 1. The molecule has 156 valence electrons. The van der Waals surface area contributed by atoms with Crippen LogP contribution in [0, 0.1) is 12.8 Å². The Kier molecular flexibility index (Phi) is 5.87. The summed E-state index contributed by atoms with van der Waals surface area (Å²) in [7, 11) is -3.47. The highest BCUT2D eigenvalue weighted by molar-refractivity contribution is 7.89. The molecule has 1 N–H and O–H groups in total. The second-order valence-electron chi connectivity index (χ2n) is 8.10. The van der Waals surface area contributed by atoms with E-state index >= 15 is 0 Å². The lowest BCUT2D eigenvalue weighted by atomic mass is 9.78. The average Bonchev–Trinajstić information content (AvgIpc) is 3.36. The van der Waals surface area contributed by atoms with E-state index in [1.165, 1.54) is 10.4 Å². The Labute approximate surface area is 178 Å². The lowest BCUT2D eigenvalue weighted by Crippen LogP contribution is -2.33. The lowest BCUT2D eigenvalue weighted by molar-refractivity contribution is 0.409. The van der Waals surface area contributed by atoms with Gasteiger partial charge in [0.1, 0.15) is 0 Å². The number of nitrogens with zero attached hydrogens (tertiary/aromatic N) is 1. The van der Waals surface area contributed by atoms with Crippen LogP contribution in [-0.2, 0) is 10.0 Å². The monoisotopic (exact) mass is 430 g/mol.